The van der Waals surface area contributed by atoms with Crippen molar-refractivity contribution in [3.05, 3.63) is 0 Å². The zero-order chi connectivity index (χ0) is 8.97. The van der Waals surface area contributed by atoms with Crippen molar-refractivity contribution in [3.63, 3.8) is 0 Å². The first-order valence-corrected chi connectivity index (χ1v) is 4.96. The Morgan fingerprint density at radius 1 is 1.42 bits per heavy atom. The standard InChI is InChI=1S/C10H19NO/c1-3-10(12)8-11(2)9-6-4-5-7-9/h9H,3-8H2,1-2H3. The van der Waals surface area contributed by atoms with E-state index in [1.807, 2.05) is 6.92 Å². The van der Waals surface area contributed by atoms with E-state index < -0.39 is 0 Å². The Kier molecular flexibility index (Phi) is 3.73. The molecule has 0 radical (unpaired) electrons. The van der Waals surface area contributed by atoms with E-state index in [-0.39, 0.29) is 0 Å². The summed E-state index contributed by atoms with van der Waals surface area (Å²) >= 11 is 0. The Morgan fingerprint density at radius 2 is 2.00 bits per heavy atom. The first-order valence-electron chi connectivity index (χ1n) is 4.96. The SMILES string of the molecule is CCC(=O)CN(C)C1CCCC1. The summed E-state index contributed by atoms with van der Waals surface area (Å²) in [6.45, 7) is 2.59. The van der Waals surface area contributed by atoms with Crippen LogP contribution < -0.4 is 0 Å². The van der Waals surface area contributed by atoms with E-state index in [0.717, 1.165) is 0 Å². The van der Waals surface area contributed by atoms with Crippen molar-refractivity contribution in [1.29, 1.82) is 0 Å². The topological polar surface area (TPSA) is 20.3 Å². The summed E-state index contributed by atoms with van der Waals surface area (Å²) < 4.78 is 0. The molecule has 0 amide bonds. The highest BCUT2D eigenvalue weighted by atomic mass is 16.1. The summed E-state index contributed by atoms with van der Waals surface area (Å²) in [5, 5.41) is 0. The van der Waals surface area contributed by atoms with Crippen LogP contribution in [0.2, 0.25) is 0 Å². The maximum atomic E-state index is 11.1. The number of Topliss-reactive ketones (excluding diaryl/α,β-unsaturated/α-hetero) is 1. The third-order valence-electron chi connectivity index (χ3n) is 2.77. The Morgan fingerprint density at radius 3 is 2.50 bits per heavy atom. The minimum Gasteiger partial charge on any atom is -0.298 e. The fraction of sp³-hybridized carbons (Fsp3) is 0.900. The van der Waals surface area contributed by atoms with Gasteiger partial charge in [0.15, 0.2) is 0 Å². The number of hydrogen-bond donors (Lipinski definition) is 0. The summed E-state index contributed by atoms with van der Waals surface area (Å²) in [7, 11) is 2.07. The van der Waals surface area contributed by atoms with Crippen LogP contribution in [0.1, 0.15) is 39.0 Å². The van der Waals surface area contributed by atoms with Gasteiger partial charge in [-0.25, -0.2) is 0 Å². The third-order valence-corrected chi connectivity index (χ3v) is 2.77. The molecule has 1 aliphatic carbocycles. The predicted octanol–water partition coefficient (Wildman–Crippen LogP) is 1.84. The van der Waals surface area contributed by atoms with Crippen molar-refractivity contribution in [2.45, 2.75) is 45.1 Å². The van der Waals surface area contributed by atoms with Gasteiger partial charge in [0.05, 0.1) is 6.54 Å². The maximum absolute atomic E-state index is 11.1. The monoisotopic (exact) mass is 169 g/mol. The molecule has 1 aliphatic rings. The second-order valence-electron chi connectivity index (χ2n) is 3.75. The first kappa shape index (κ1) is 9.72. The summed E-state index contributed by atoms with van der Waals surface area (Å²) in [6, 6.07) is 0.681. The molecule has 0 heterocycles. The molecule has 70 valence electrons. The van der Waals surface area contributed by atoms with Crippen LogP contribution in [-0.2, 0) is 4.79 Å². The normalized spacial score (nSPS) is 18.9. The van der Waals surface area contributed by atoms with Crippen LogP contribution in [-0.4, -0.2) is 30.3 Å². The lowest BCUT2D eigenvalue weighted by Gasteiger charge is -2.22. The summed E-state index contributed by atoms with van der Waals surface area (Å²) in [6.07, 6.45) is 5.93. The van der Waals surface area contributed by atoms with Crippen molar-refractivity contribution in [3.8, 4) is 0 Å². The van der Waals surface area contributed by atoms with E-state index in [1.54, 1.807) is 0 Å². The van der Waals surface area contributed by atoms with E-state index in [1.165, 1.54) is 25.7 Å². The van der Waals surface area contributed by atoms with Crippen LogP contribution in [0.25, 0.3) is 0 Å². The van der Waals surface area contributed by atoms with Crippen molar-refractivity contribution < 1.29 is 4.79 Å². The highest BCUT2D eigenvalue weighted by Crippen LogP contribution is 2.21. The summed E-state index contributed by atoms with van der Waals surface area (Å²) in [5.74, 6) is 0.365. The van der Waals surface area contributed by atoms with Gasteiger partial charge in [0.2, 0.25) is 0 Å². The van der Waals surface area contributed by atoms with Crippen molar-refractivity contribution in [2.75, 3.05) is 13.6 Å². The van der Waals surface area contributed by atoms with Gasteiger partial charge in [-0.3, -0.25) is 9.69 Å². The maximum Gasteiger partial charge on any atom is 0.146 e. The fourth-order valence-electron chi connectivity index (χ4n) is 1.86. The number of nitrogens with zero attached hydrogens (tertiary/aromatic N) is 1. The van der Waals surface area contributed by atoms with Gasteiger partial charge in [0, 0.05) is 12.5 Å². The molecule has 0 aromatic carbocycles. The Bertz CT molecular complexity index is 150. The number of rotatable bonds is 4. The number of ketones is 1. The molecule has 0 aliphatic heterocycles. The lowest BCUT2D eigenvalue weighted by molar-refractivity contribution is -0.120. The van der Waals surface area contributed by atoms with Crippen LogP contribution >= 0.6 is 0 Å². The minimum absolute atomic E-state index is 0.365. The number of hydrogen-bond acceptors (Lipinski definition) is 2. The van der Waals surface area contributed by atoms with Gasteiger partial charge in [-0.15, -0.1) is 0 Å². The van der Waals surface area contributed by atoms with Crippen LogP contribution in [0.5, 0.6) is 0 Å². The highest BCUT2D eigenvalue weighted by Gasteiger charge is 2.20. The average molecular weight is 169 g/mol. The lowest BCUT2D eigenvalue weighted by atomic mass is 10.2. The van der Waals surface area contributed by atoms with Crippen molar-refractivity contribution >= 4 is 5.78 Å². The van der Waals surface area contributed by atoms with Crippen LogP contribution in [0, 0.1) is 0 Å². The molecule has 0 N–H and O–H groups in total. The van der Waals surface area contributed by atoms with E-state index in [2.05, 4.69) is 11.9 Å². The predicted molar refractivity (Wildman–Crippen MR) is 50.2 cm³/mol. The molecule has 0 bridgehead atoms. The van der Waals surface area contributed by atoms with Crippen molar-refractivity contribution in [1.82, 2.24) is 4.90 Å². The molecule has 2 heteroatoms. The number of carbonyl (C=O) groups excluding carboxylic acids is 1. The second kappa shape index (κ2) is 4.61. The van der Waals surface area contributed by atoms with Crippen LogP contribution in [0.4, 0.5) is 0 Å². The van der Waals surface area contributed by atoms with E-state index in [4.69, 9.17) is 0 Å². The molecule has 1 fully saturated rings. The molecule has 12 heavy (non-hydrogen) atoms. The van der Waals surface area contributed by atoms with Gasteiger partial charge < -0.3 is 0 Å². The molecule has 2 nitrogen and oxygen atoms in total. The smallest absolute Gasteiger partial charge is 0.146 e. The number of carbonyl (C=O) groups is 1. The molecule has 0 aromatic heterocycles. The van der Waals surface area contributed by atoms with Gasteiger partial charge in [0.1, 0.15) is 5.78 Å². The Balaban J connectivity index is 2.26. The van der Waals surface area contributed by atoms with Gasteiger partial charge >= 0.3 is 0 Å². The van der Waals surface area contributed by atoms with Gasteiger partial charge in [-0.2, -0.15) is 0 Å². The second-order valence-corrected chi connectivity index (χ2v) is 3.75. The fourth-order valence-corrected chi connectivity index (χ4v) is 1.86. The summed E-state index contributed by atoms with van der Waals surface area (Å²) in [5.41, 5.74) is 0. The van der Waals surface area contributed by atoms with Crippen molar-refractivity contribution in [2.24, 2.45) is 0 Å². The molecule has 1 saturated carbocycles. The van der Waals surface area contributed by atoms with Gasteiger partial charge in [-0.05, 0) is 19.9 Å². The average Bonchev–Trinajstić information content (AvgIpc) is 2.56. The molecular weight excluding hydrogens is 150 g/mol. The van der Waals surface area contributed by atoms with E-state index in [0.29, 0.717) is 24.8 Å². The molecule has 0 spiro atoms. The Labute approximate surface area is 74.9 Å². The molecule has 0 unspecified atom stereocenters. The lowest BCUT2D eigenvalue weighted by Crippen LogP contribution is -2.33. The third kappa shape index (κ3) is 2.59. The molecule has 0 atom stereocenters. The quantitative estimate of drug-likeness (QED) is 0.640. The zero-order valence-electron chi connectivity index (χ0n) is 8.18. The molecule has 0 aromatic rings. The first-order chi connectivity index (χ1) is 5.74. The minimum atomic E-state index is 0.365. The highest BCUT2D eigenvalue weighted by molar-refractivity contribution is 5.80. The number of likely N-dealkylation sites (N-methyl/N-ethyl adjacent to an activating group) is 1. The molecule has 1 rings (SSSR count). The zero-order valence-corrected chi connectivity index (χ0v) is 8.18. The van der Waals surface area contributed by atoms with Crippen LogP contribution in [0.15, 0.2) is 0 Å². The van der Waals surface area contributed by atoms with Gasteiger partial charge in [-0.1, -0.05) is 19.8 Å². The van der Waals surface area contributed by atoms with E-state index in [9.17, 15) is 4.79 Å². The molecular formula is C10H19NO. The molecule has 0 saturated heterocycles. The van der Waals surface area contributed by atoms with E-state index >= 15 is 0 Å². The largest absolute Gasteiger partial charge is 0.298 e. The summed E-state index contributed by atoms with van der Waals surface area (Å²) in [4.78, 5) is 13.4. The van der Waals surface area contributed by atoms with Gasteiger partial charge in [0.25, 0.3) is 0 Å². The van der Waals surface area contributed by atoms with Crippen LogP contribution in [0.3, 0.4) is 0 Å². The Hall–Kier alpha value is -0.370.